The molecule has 0 aromatic heterocycles. The van der Waals surface area contributed by atoms with E-state index in [0.717, 1.165) is 18.9 Å². The third kappa shape index (κ3) is 2.08. The van der Waals surface area contributed by atoms with Crippen molar-refractivity contribution in [2.24, 2.45) is 5.92 Å². The standard InChI is InChI=1S/C11H19NO2/c13-11(14)2-1-6-12-7-3-10(4-8-12)5-9-12/h10H,1-9H2/p+1. The lowest BCUT2D eigenvalue weighted by molar-refractivity contribution is -0.942. The summed E-state index contributed by atoms with van der Waals surface area (Å²) in [5.41, 5.74) is 0. The van der Waals surface area contributed by atoms with Gasteiger partial charge in [-0.15, -0.1) is 0 Å². The zero-order chi connectivity index (χ0) is 10.0. The number of rotatable bonds is 4. The summed E-state index contributed by atoms with van der Waals surface area (Å²) >= 11 is 0. The number of piperidine rings is 3. The smallest absolute Gasteiger partial charge is 0.303 e. The molecule has 1 N–H and O–H groups in total. The molecule has 0 aromatic rings. The zero-order valence-electron chi connectivity index (χ0n) is 8.74. The topological polar surface area (TPSA) is 37.3 Å². The Balaban J connectivity index is 1.80. The van der Waals surface area contributed by atoms with Crippen molar-refractivity contribution in [3.63, 3.8) is 0 Å². The molecule has 0 amide bonds. The van der Waals surface area contributed by atoms with Crippen molar-refractivity contribution in [3.05, 3.63) is 0 Å². The van der Waals surface area contributed by atoms with Crippen LogP contribution >= 0.6 is 0 Å². The fourth-order valence-electron chi connectivity index (χ4n) is 3.04. The van der Waals surface area contributed by atoms with Gasteiger partial charge in [-0.3, -0.25) is 4.79 Å². The molecule has 0 spiro atoms. The van der Waals surface area contributed by atoms with E-state index in [9.17, 15) is 4.79 Å². The largest absolute Gasteiger partial charge is 0.481 e. The number of fused-ring (bicyclic) bond motifs is 3. The number of hydrogen-bond acceptors (Lipinski definition) is 1. The summed E-state index contributed by atoms with van der Waals surface area (Å²) in [6.07, 6.45) is 5.36. The molecule has 0 unspecified atom stereocenters. The first kappa shape index (κ1) is 9.97. The predicted molar refractivity (Wildman–Crippen MR) is 53.9 cm³/mol. The number of carboxylic acid groups (broad SMARTS) is 1. The summed E-state index contributed by atoms with van der Waals surface area (Å²) in [6, 6.07) is 0. The minimum Gasteiger partial charge on any atom is -0.481 e. The monoisotopic (exact) mass is 198 g/mol. The molecule has 3 aliphatic heterocycles. The van der Waals surface area contributed by atoms with E-state index < -0.39 is 5.97 Å². The highest BCUT2D eigenvalue weighted by Crippen LogP contribution is 2.33. The van der Waals surface area contributed by atoms with Gasteiger partial charge in [0.25, 0.3) is 0 Å². The third-order valence-electron chi connectivity index (χ3n) is 4.06. The molecule has 0 aliphatic carbocycles. The highest BCUT2D eigenvalue weighted by Gasteiger charge is 2.38. The minimum atomic E-state index is -0.643. The molecule has 3 aliphatic rings. The normalized spacial score (nSPS) is 35.9. The maximum atomic E-state index is 10.4. The lowest BCUT2D eigenvalue weighted by Gasteiger charge is -2.49. The molecule has 0 saturated carbocycles. The average molecular weight is 198 g/mol. The summed E-state index contributed by atoms with van der Waals surface area (Å²) in [5, 5.41) is 8.60. The minimum absolute atomic E-state index is 0.351. The van der Waals surface area contributed by atoms with Crippen molar-refractivity contribution in [2.45, 2.75) is 32.1 Å². The average Bonchev–Trinajstić information content (AvgIpc) is 2.19. The second kappa shape index (κ2) is 3.89. The van der Waals surface area contributed by atoms with Gasteiger partial charge in [-0.2, -0.15) is 0 Å². The molecule has 0 aromatic carbocycles. The maximum Gasteiger partial charge on any atom is 0.303 e. The molecule has 14 heavy (non-hydrogen) atoms. The number of carboxylic acids is 1. The van der Waals surface area contributed by atoms with Crippen molar-refractivity contribution in [2.75, 3.05) is 26.2 Å². The summed E-state index contributed by atoms with van der Waals surface area (Å²) in [4.78, 5) is 10.4. The van der Waals surface area contributed by atoms with Gasteiger partial charge in [0.1, 0.15) is 0 Å². The number of quaternary nitrogens is 1. The Labute approximate surface area is 85.3 Å². The van der Waals surface area contributed by atoms with Crippen LogP contribution in [0.3, 0.4) is 0 Å². The van der Waals surface area contributed by atoms with Gasteiger partial charge in [0.2, 0.25) is 0 Å². The summed E-state index contributed by atoms with van der Waals surface area (Å²) in [6.45, 7) is 5.03. The van der Waals surface area contributed by atoms with E-state index in [1.807, 2.05) is 0 Å². The summed E-state index contributed by atoms with van der Waals surface area (Å²) < 4.78 is 1.23. The van der Waals surface area contributed by atoms with Crippen LogP contribution in [-0.2, 0) is 4.79 Å². The Kier molecular flexibility index (Phi) is 2.77. The highest BCUT2D eigenvalue weighted by atomic mass is 16.4. The van der Waals surface area contributed by atoms with Gasteiger partial charge >= 0.3 is 5.97 Å². The van der Waals surface area contributed by atoms with E-state index in [4.69, 9.17) is 5.11 Å². The van der Waals surface area contributed by atoms with Crippen LogP contribution in [0.5, 0.6) is 0 Å². The van der Waals surface area contributed by atoms with E-state index in [2.05, 4.69) is 0 Å². The van der Waals surface area contributed by atoms with Crippen LogP contribution < -0.4 is 0 Å². The quantitative estimate of drug-likeness (QED) is 0.695. The van der Waals surface area contributed by atoms with E-state index in [1.54, 1.807) is 0 Å². The Morgan fingerprint density at radius 2 is 1.79 bits per heavy atom. The molecular formula is C11H20NO2+. The first-order valence-electron chi connectivity index (χ1n) is 5.77. The number of carbonyl (C=O) groups is 1. The van der Waals surface area contributed by atoms with Gasteiger partial charge in [0, 0.05) is 6.42 Å². The van der Waals surface area contributed by atoms with Crippen molar-refractivity contribution < 1.29 is 14.4 Å². The number of aliphatic carboxylic acids is 1. The van der Waals surface area contributed by atoms with E-state index >= 15 is 0 Å². The molecule has 3 heterocycles. The number of hydrogen-bond donors (Lipinski definition) is 1. The molecule has 80 valence electrons. The van der Waals surface area contributed by atoms with E-state index in [0.29, 0.717) is 6.42 Å². The van der Waals surface area contributed by atoms with Gasteiger partial charge in [-0.05, 0) is 25.2 Å². The van der Waals surface area contributed by atoms with Crippen LogP contribution in [0, 0.1) is 5.92 Å². The molecule has 0 radical (unpaired) electrons. The van der Waals surface area contributed by atoms with Crippen LogP contribution in [-0.4, -0.2) is 41.7 Å². The van der Waals surface area contributed by atoms with Crippen LogP contribution in [0.4, 0.5) is 0 Å². The molecule has 3 rings (SSSR count). The van der Waals surface area contributed by atoms with Gasteiger partial charge in [-0.25, -0.2) is 0 Å². The van der Waals surface area contributed by atoms with Crippen LogP contribution in [0.2, 0.25) is 0 Å². The second-order valence-corrected chi connectivity index (χ2v) is 4.97. The summed E-state index contributed by atoms with van der Waals surface area (Å²) in [5.74, 6) is 0.351. The first-order chi connectivity index (χ1) is 6.70. The van der Waals surface area contributed by atoms with E-state index in [-0.39, 0.29) is 0 Å². The SMILES string of the molecule is O=C(O)CCC[N+]12CCC(CC1)CC2. The third-order valence-corrected chi connectivity index (χ3v) is 4.06. The Morgan fingerprint density at radius 1 is 1.21 bits per heavy atom. The van der Waals surface area contributed by atoms with Crippen LogP contribution in [0.1, 0.15) is 32.1 Å². The molecule has 0 atom stereocenters. The van der Waals surface area contributed by atoms with Gasteiger partial charge in [0.15, 0.2) is 0 Å². The number of nitrogens with zero attached hydrogens (tertiary/aromatic N) is 1. The predicted octanol–water partition coefficient (Wildman–Crippen LogP) is 1.48. The van der Waals surface area contributed by atoms with Crippen molar-refractivity contribution in [3.8, 4) is 0 Å². The lowest BCUT2D eigenvalue weighted by Crippen LogP contribution is -2.58. The van der Waals surface area contributed by atoms with Gasteiger partial charge < -0.3 is 9.59 Å². The zero-order valence-corrected chi connectivity index (χ0v) is 8.74. The highest BCUT2D eigenvalue weighted by molar-refractivity contribution is 5.66. The molecule has 3 heteroatoms. The molecular weight excluding hydrogens is 178 g/mol. The van der Waals surface area contributed by atoms with Crippen molar-refractivity contribution in [1.29, 1.82) is 0 Å². The fraction of sp³-hybridized carbons (Fsp3) is 0.909. The van der Waals surface area contributed by atoms with Crippen molar-refractivity contribution >= 4 is 5.97 Å². The molecule has 2 bridgehead atoms. The fourth-order valence-corrected chi connectivity index (χ4v) is 3.04. The molecule has 3 fully saturated rings. The van der Waals surface area contributed by atoms with Crippen LogP contribution in [0.15, 0.2) is 0 Å². The van der Waals surface area contributed by atoms with Crippen molar-refractivity contribution in [1.82, 2.24) is 0 Å². The van der Waals surface area contributed by atoms with Gasteiger partial charge in [0.05, 0.1) is 32.6 Å². The Bertz CT molecular complexity index is 206. The maximum absolute atomic E-state index is 10.4. The first-order valence-corrected chi connectivity index (χ1v) is 5.77. The lowest BCUT2D eigenvalue weighted by atomic mass is 9.85. The van der Waals surface area contributed by atoms with Crippen LogP contribution in [0.25, 0.3) is 0 Å². The Morgan fingerprint density at radius 3 is 2.29 bits per heavy atom. The molecule has 3 nitrogen and oxygen atoms in total. The second-order valence-electron chi connectivity index (χ2n) is 4.97. The Hall–Kier alpha value is -0.570. The summed E-state index contributed by atoms with van der Waals surface area (Å²) in [7, 11) is 0. The molecule has 3 saturated heterocycles. The van der Waals surface area contributed by atoms with Gasteiger partial charge in [-0.1, -0.05) is 0 Å². The van der Waals surface area contributed by atoms with E-state index in [1.165, 1.54) is 43.4 Å².